The molecule has 3 rings (SSSR count). The lowest BCUT2D eigenvalue weighted by Crippen LogP contribution is -2.07. The number of carbonyl (C=O) groups is 1. The highest BCUT2D eigenvalue weighted by atomic mass is 35.5. The van der Waals surface area contributed by atoms with Crippen LogP contribution in [0.5, 0.6) is 0 Å². The second kappa shape index (κ2) is 5.17. The maximum Gasteiger partial charge on any atom is 0.176 e. The van der Waals surface area contributed by atoms with Gasteiger partial charge in [-0.15, -0.1) is 0 Å². The average molecular weight is 288 g/mol. The predicted octanol–water partition coefficient (Wildman–Crippen LogP) is 3.62. The first-order valence-electron chi connectivity index (χ1n) is 6.45. The number of rotatable bonds is 3. The van der Waals surface area contributed by atoms with Gasteiger partial charge in [-0.2, -0.15) is 0 Å². The first-order valence-corrected chi connectivity index (χ1v) is 6.83. The number of Topliss-reactive ketones (excluding diaryl/α,β-unsaturated/α-hetero) is 1. The summed E-state index contributed by atoms with van der Waals surface area (Å²) in [6, 6.07) is 11.0. The summed E-state index contributed by atoms with van der Waals surface area (Å²) in [5, 5.41) is 3.75. The van der Waals surface area contributed by atoms with Crippen molar-refractivity contribution >= 4 is 23.0 Å². The van der Waals surface area contributed by atoms with Gasteiger partial charge >= 0.3 is 0 Å². The zero-order chi connectivity index (χ0) is 14.1. The van der Waals surface area contributed by atoms with Gasteiger partial charge in [-0.25, -0.2) is 0 Å². The Morgan fingerprint density at radius 2 is 2.15 bits per heavy atom. The van der Waals surface area contributed by atoms with E-state index in [1.165, 1.54) is 0 Å². The highest BCUT2D eigenvalue weighted by molar-refractivity contribution is 6.31. The summed E-state index contributed by atoms with van der Waals surface area (Å²) < 4.78 is 5.39. The molecule has 1 atom stereocenters. The van der Waals surface area contributed by atoms with Crippen molar-refractivity contribution in [3.05, 3.63) is 64.7 Å². The summed E-state index contributed by atoms with van der Waals surface area (Å²) in [5.41, 5.74) is 2.48. The van der Waals surface area contributed by atoms with Gasteiger partial charge in [0.05, 0.1) is 12.2 Å². The average Bonchev–Trinajstić information content (AvgIpc) is 3.05. The van der Waals surface area contributed by atoms with E-state index < -0.39 is 0 Å². The van der Waals surface area contributed by atoms with Gasteiger partial charge in [-0.05, 0) is 29.8 Å². The van der Waals surface area contributed by atoms with Gasteiger partial charge in [0.15, 0.2) is 5.78 Å². The van der Waals surface area contributed by atoms with E-state index in [1.807, 2.05) is 31.3 Å². The SMILES string of the molecule is CNC1=C(c2cccc(Cl)c2)C(=O)C(c2ccco2)C1. The number of allylic oxidation sites excluding steroid dienone is 2. The maximum absolute atomic E-state index is 12.7. The van der Waals surface area contributed by atoms with Gasteiger partial charge < -0.3 is 9.73 Å². The number of ketones is 1. The van der Waals surface area contributed by atoms with Gasteiger partial charge in [0.2, 0.25) is 0 Å². The highest BCUT2D eigenvalue weighted by Crippen LogP contribution is 2.39. The fraction of sp³-hybridized carbons (Fsp3) is 0.188. The standard InChI is InChI=1S/C16H14ClNO2/c1-18-13-9-12(14-6-3-7-20-14)16(19)15(13)10-4-2-5-11(17)8-10/h2-8,12,18H,9H2,1H3. The lowest BCUT2D eigenvalue weighted by atomic mass is 9.97. The summed E-state index contributed by atoms with van der Waals surface area (Å²) in [5.74, 6) is 0.535. The van der Waals surface area contributed by atoms with Crippen LogP contribution in [0.2, 0.25) is 5.02 Å². The summed E-state index contributed by atoms with van der Waals surface area (Å²) in [6.07, 6.45) is 2.23. The van der Waals surface area contributed by atoms with Crippen LogP contribution in [0.1, 0.15) is 23.7 Å². The Hall–Kier alpha value is -2.00. The monoisotopic (exact) mass is 287 g/mol. The molecule has 0 radical (unpaired) electrons. The van der Waals surface area contributed by atoms with E-state index in [1.54, 1.807) is 18.4 Å². The molecule has 0 fully saturated rings. The second-order valence-corrected chi connectivity index (χ2v) is 5.19. The van der Waals surface area contributed by atoms with Crippen molar-refractivity contribution in [2.75, 3.05) is 7.05 Å². The molecule has 4 heteroatoms. The van der Waals surface area contributed by atoms with Crippen LogP contribution in [-0.4, -0.2) is 12.8 Å². The maximum atomic E-state index is 12.7. The first-order chi connectivity index (χ1) is 9.70. The van der Waals surface area contributed by atoms with Crippen molar-refractivity contribution in [1.82, 2.24) is 5.32 Å². The summed E-state index contributed by atoms with van der Waals surface area (Å²) in [7, 11) is 1.83. The molecule has 1 aromatic heterocycles. The first kappa shape index (κ1) is 13.0. The molecule has 0 amide bonds. The molecule has 1 N–H and O–H groups in total. The van der Waals surface area contributed by atoms with Gasteiger partial charge in [0.25, 0.3) is 0 Å². The number of halogens is 1. The molecule has 2 aromatic rings. The molecule has 102 valence electrons. The van der Waals surface area contributed by atoms with Crippen LogP contribution in [0.25, 0.3) is 5.57 Å². The van der Waals surface area contributed by atoms with E-state index in [0.717, 1.165) is 11.3 Å². The zero-order valence-corrected chi connectivity index (χ0v) is 11.8. The van der Waals surface area contributed by atoms with Crippen molar-refractivity contribution in [3.8, 4) is 0 Å². The van der Waals surface area contributed by atoms with E-state index in [2.05, 4.69) is 5.32 Å². The molecule has 1 aromatic carbocycles. The molecule has 20 heavy (non-hydrogen) atoms. The van der Waals surface area contributed by atoms with Crippen LogP contribution >= 0.6 is 11.6 Å². The Bertz CT molecular complexity index is 674. The topological polar surface area (TPSA) is 42.2 Å². The third-order valence-corrected chi connectivity index (χ3v) is 3.81. The molecule has 1 aliphatic rings. The minimum atomic E-state index is -0.249. The number of benzene rings is 1. The fourth-order valence-corrected chi connectivity index (χ4v) is 2.82. The Morgan fingerprint density at radius 3 is 2.80 bits per heavy atom. The zero-order valence-electron chi connectivity index (χ0n) is 11.0. The Balaban J connectivity index is 2.02. The van der Waals surface area contributed by atoms with Gasteiger partial charge in [-0.3, -0.25) is 4.79 Å². The van der Waals surface area contributed by atoms with Crippen LogP contribution in [0.4, 0.5) is 0 Å². The Morgan fingerprint density at radius 1 is 1.30 bits per heavy atom. The van der Waals surface area contributed by atoms with E-state index in [0.29, 0.717) is 22.8 Å². The Kier molecular flexibility index (Phi) is 3.36. The minimum absolute atomic E-state index is 0.0755. The van der Waals surface area contributed by atoms with Crippen LogP contribution in [0.3, 0.4) is 0 Å². The number of hydrogen-bond acceptors (Lipinski definition) is 3. The lowest BCUT2D eigenvalue weighted by molar-refractivity contribution is -0.114. The molecule has 1 aliphatic carbocycles. The van der Waals surface area contributed by atoms with Crippen LogP contribution in [0.15, 0.2) is 52.8 Å². The third-order valence-electron chi connectivity index (χ3n) is 3.57. The largest absolute Gasteiger partial charge is 0.469 e. The Labute approximate surface area is 122 Å². The van der Waals surface area contributed by atoms with Crippen molar-refractivity contribution in [3.63, 3.8) is 0 Å². The van der Waals surface area contributed by atoms with Crippen molar-refractivity contribution in [2.45, 2.75) is 12.3 Å². The summed E-state index contributed by atoms with van der Waals surface area (Å²) in [6.45, 7) is 0. The summed E-state index contributed by atoms with van der Waals surface area (Å²) in [4.78, 5) is 12.7. The molecule has 3 nitrogen and oxygen atoms in total. The van der Waals surface area contributed by atoms with Gasteiger partial charge in [0.1, 0.15) is 5.76 Å². The van der Waals surface area contributed by atoms with Crippen molar-refractivity contribution < 1.29 is 9.21 Å². The van der Waals surface area contributed by atoms with Crippen molar-refractivity contribution in [2.24, 2.45) is 0 Å². The van der Waals surface area contributed by atoms with Gasteiger partial charge in [0, 0.05) is 29.8 Å². The molecule has 0 saturated heterocycles. The number of furan rings is 1. The van der Waals surface area contributed by atoms with Gasteiger partial charge in [-0.1, -0.05) is 23.7 Å². The summed E-state index contributed by atoms with van der Waals surface area (Å²) >= 11 is 6.03. The third kappa shape index (κ3) is 2.14. The van der Waals surface area contributed by atoms with E-state index in [-0.39, 0.29) is 11.7 Å². The second-order valence-electron chi connectivity index (χ2n) is 4.75. The number of carbonyl (C=O) groups excluding carboxylic acids is 1. The molecular weight excluding hydrogens is 274 g/mol. The number of nitrogens with one attached hydrogen (secondary N) is 1. The quantitative estimate of drug-likeness (QED) is 0.937. The smallest absolute Gasteiger partial charge is 0.176 e. The van der Waals surface area contributed by atoms with E-state index >= 15 is 0 Å². The number of hydrogen-bond donors (Lipinski definition) is 1. The molecule has 1 heterocycles. The van der Waals surface area contributed by atoms with Crippen LogP contribution in [0, 0.1) is 0 Å². The molecule has 0 spiro atoms. The molecule has 0 aliphatic heterocycles. The van der Waals surface area contributed by atoms with E-state index in [4.69, 9.17) is 16.0 Å². The lowest BCUT2D eigenvalue weighted by Gasteiger charge is -2.06. The molecule has 1 unspecified atom stereocenters. The molecular formula is C16H14ClNO2. The van der Waals surface area contributed by atoms with Crippen LogP contribution < -0.4 is 5.32 Å². The molecule has 0 saturated carbocycles. The van der Waals surface area contributed by atoms with Crippen molar-refractivity contribution in [1.29, 1.82) is 0 Å². The minimum Gasteiger partial charge on any atom is -0.469 e. The fourth-order valence-electron chi connectivity index (χ4n) is 2.63. The predicted molar refractivity (Wildman–Crippen MR) is 78.5 cm³/mol. The van der Waals surface area contributed by atoms with E-state index in [9.17, 15) is 4.79 Å². The van der Waals surface area contributed by atoms with Crippen LogP contribution in [-0.2, 0) is 4.79 Å². The highest BCUT2D eigenvalue weighted by Gasteiger charge is 2.36. The normalized spacial score (nSPS) is 18.7. The molecule has 0 bridgehead atoms.